The van der Waals surface area contributed by atoms with Crippen molar-refractivity contribution in [2.75, 3.05) is 11.9 Å². The first-order valence-corrected chi connectivity index (χ1v) is 12.7. The number of hydrogen-bond donors (Lipinski definition) is 2. The van der Waals surface area contributed by atoms with Crippen molar-refractivity contribution in [3.8, 4) is 5.75 Å². The van der Waals surface area contributed by atoms with E-state index < -0.39 is 0 Å². The van der Waals surface area contributed by atoms with Gasteiger partial charge in [0, 0.05) is 23.6 Å². The monoisotopic (exact) mass is 486 g/mol. The number of amides is 2. The van der Waals surface area contributed by atoms with Gasteiger partial charge in [-0.15, -0.1) is 0 Å². The van der Waals surface area contributed by atoms with Crippen molar-refractivity contribution >= 4 is 40.2 Å². The van der Waals surface area contributed by atoms with Crippen molar-refractivity contribution < 1.29 is 14.3 Å². The summed E-state index contributed by atoms with van der Waals surface area (Å²) in [6, 6.07) is 21.3. The van der Waals surface area contributed by atoms with E-state index in [9.17, 15) is 9.59 Å². The predicted molar refractivity (Wildman–Crippen MR) is 139 cm³/mol. The van der Waals surface area contributed by atoms with Gasteiger partial charge in [-0.1, -0.05) is 60.7 Å². The van der Waals surface area contributed by atoms with Crippen molar-refractivity contribution in [1.29, 1.82) is 0 Å². The summed E-state index contributed by atoms with van der Waals surface area (Å²) in [7, 11) is 0. The van der Waals surface area contributed by atoms with Gasteiger partial charge in [0.05, 0.1) is 17.9 Å². The molecule has 178 valence electrons. The van der Waals surface area contributed by atoms with Gasteiger partial charge in [-0.2, -0.15) is 16.9 Å². The molecule has 2 amide bonds. The van der Waals surface area contributed by atoms with Crippen molar-refractivity contribution in [3.63, 3.8) is 0 Å². The van der Waals surface area contributed by atoms with E-state index in [1.54, 1.807) is 16.4 Å². The number of nitrogens with zero attached hydrogens (tertiary/aromatic N) is 2. The lowest BCUT2D eigenvalue weighted by Gasteiger charge is -2.15. The number of nitrogens with one attached hydrogen (secondary N) is 2. The van der Waals surface area contributed by atoms with Gasteiger partial charge in [0.15, 0.2) is 0 Å². The highest BCUT2D eigenvalue weighted by molar-refractivity contribution is 7.98. The lowest BCUT2D eigenvalue weighted by Crippen LogP contribution is -2.29. The van der Waals surface area contributed by atoms with Crippen LogP contribution in [0.1, 0.15) is 34.1 Å². The Morgan fingerprint density at radius 2 is 1.83 bits per heavy atom. The molecular weight excluding hydrogens is 460 g/mol. The summed E-state index contributed by atoms with van der Waals surface area (Å²) in [6.45, 7) is 2.80. The van der Waals surface area contributed by atoms with Gasteiger partial charge in [-0.05, 0) is 29.3 Å². The number of carbonyl (C=O) groups excluding carboxylic acids is 2. The topological polar surface area (TPSA) is 85.2 Å². The molecule has 0 bridgehead atoms. The summed E-state index contributed by atoms with van der Waals surface area (Å²) in [4.78, 5) is 26.4. The number of carbonyl (C=O) groups is 2. The van der Waals surface area contributed by atoms with Gasteiger partial charge < -0.3 is 15.4 Å². The average Bonchev–Trinajstić information content (AvgIpc) is 3.45. The average molecular weight is 487 g/mol. The Bertz CT molecular complexity index is 1380. The van der Waals surface area contributed by atoms with E-state index >= 15 is 0 Å². The maximum absolute atomic E-state index is 13.6. The molecular formula is C27H26N4O3S. The molecule has 8 heteroatoms. The van der Waals surface area contributed by atoms with Crippen LogP contribution in [0.4, 0.5) is 5.82 Å². The molecule has 5 rings (SSSR count). The molecule has 0 spiro atoms. The Balaban J connectivity index is 1.41. The van der Waals surface area contributed by atoms with E-state index in [0.29, 0.717) is 30.3 Å². The molecule has 1 aliphatic heterocycles. The highest BCUT2D eigenvalue weighted by Crippen LogP contribution is 2.36. The molecule has 1 aliphatic rings. The van der Waals surface area contributed by atoms with E-state index in [0.717, 1.165) is 39.1 Å². The van der Waals surface area contributed by atoms with Gasteiger partial charge in [-0.25, -0.2) is 4.68 Å². The van der Waals surface area contributed by atoms with E-state index in [1.165, 1.54) is 0 Å². The molecule has 35 heavy (non-hydrogen) atoms. The number of aromatic nitrogens is 2. The quantitative estimate of drug-likeness (QED) is 0.375. The fraction of sp³-hybridized carbons (Fsp3) is 0.222. The second-order valence-corrected chi connectivity index (χ2v) is 9.22. The third-order valence-electron chi connectivity index (χ3n) is 5.89. The molecule has 3 aromatic carbocycles. The predicted octanol–water partition coefficient (Wildman–Crippen LogP) is 4.75. The third kappa shape index (κ3) is 4.88. The van der Waals surface area contributed by atoms with Gasteiger partial charge in [-0.3, -0.25) is 9.59 Å². The van der Waals surface area contributed by atoms with Crippen LogP contribution in [0, 0.1) is 0 Å². The van der Waals surface area contributed by atoms with Crippen molar-refractivity contribution in [2.45, 2.75) is 31.5 Å². The molecule has 4 aromatic rings. The molecule has 0 saturated heterocycles. The van der Waals surface area contributed by atoms with Crippen LogP contribution in [0.3, 0.4) is 0 Å². The Morgan fingerprint density at radius 1 is 1.03 bits per heavy atom. The molecule has 0 radical (unpaired) electrons. The first-order valence-electron chi connectivity index (χ1n) is 11.6. The molecule has 0 saturated carbocycles. The molecule has 2 N–H and O–H groups in total. The lowest BCUT2D eigenvalue weighted by atomic mass is 10.0. The summed E-state index contributed by atoms with van der Waals surface area (Å²) in [5, 5.41) is 12.4. The van der Waals surface area contributed by atoms with Gasteiger partial charge in [0.2, 0.25) is 5.91 Å². The van der Waals surface area contributed by atoms with Crippen molar-refractivity contribution in [1.82, 2.24) is 15.1 Å². The molecule has 0 atom stereocenters. The Kier molecular flexibility index (Phi) is 6.72. The fourth-order valence-electron chi connectivity index (χ4n) is 4.24. The van der Waals surface area contributed by atoms with Crippen LogP contribution < -0.4 is 15.4 Å². The van der Waals surface area contributed by atoms with Crippen LogP contribution in [0.5, 0.6) is 5.75 Å². The number of hydrogen-bond acceptors (Lipinski definition) is 5. The minimum atomic E-state index is -0.282. The molecule has 2 heterocycles. The smallest absolute Gasteiger partial charge is 0.261 e. The zero-order valence-corrected chi connectivity index (χ0v) is 20.2. The minimum absolute atomic E-state index is 0.0218. The highest BCUT2D eigenvalue weighted by atomic mass is 32.2. The second-order valence-electron chi connectivity index (χ2n) is 8.23. The first kappa shape index (κ1) is 23.0. The van der Waals surface area contributed by atoms with Crippen LogP contribution in [0.15, 0.2) is 66.7 Å². The maximum atomic E-state index is 13.6. The van der Waals surface area contributed by atoms with Crippen LogP contribution in [-0.2, 0) is 29.4 Å². The number of ether oxygens (including phenoxy) is 1. The summed E-state index contributed by atoms with van der Waals surface area (Å²) < 4.78 is 7.40. The molecule has 0 aliphatic carbocycles. The van der Waals surface area contributed by atoms with E-state index in [-0.39, 0.29) is 18.4 Å². The Hall–Kier alpha value is -3.78. The van der Waals surface area contributed by atoms with Gasteiger partial charge in [0.1, 0.15) is 18.1 Å². The fourth-order valence-corrected chi connectivity index (χ4v) is 5.28. The number of fused-ring (bicyclic) bond motifs is 2. The van der Waals surface area contributed by atoms with Crippen LogP contribution in [0.2, 0.25) is 0 Å². The van der Waals surface area contributed by atoms with Gasteiger partial charge >= 0.3 is 0 Å². The number of benzene rings is 3. The number of anilines is 1. The summed E-state index contributed by atoms with van der Waals surface area (Å²) in [6.07, 6.45) is 0. The molecule has 0 unspecified atom stereocenters. The van der Waals surface area contributed by atoms with Crippen LogP contribution in [0.25, 0.3) is 10.8 Å². The molecule has 1 aromatic heterocycles. The molecule has 0 fully saturated rings. The molecule has 7 nitrogen and oxygen atoms in total. The summed E-state index contributed by atoms with van der Waals surface area (Å²) in [5.74, 6) is 2.15. The highest BCUT2D eigenvalue weighted by Gasteiger charge is 2.26. The summed E-state index contributed by atoms with van der Waals surface area (Å²) in [5.41, 5.74) is 3.38. The normalized spacial score (nSPS) is 12.4. The summed E-state index contributed by atoms with van der Waals surface area (Å²) >= 11 is 1.74. The SMILES string of the molecule is CCOc1ccc2ccccc2c1C(=O)Nc1c2c(nn1CC(=O)NCc1ccccc1)CSC2. The van der Waals surface area contributed by atoms with E-state index in [2.05, 4.69) is 15.7 Å². The third-order valence-corrected chi connectivity index (χ3v) is 6.86. The van der Waals surface area contributed by atoms with Gasteiger partial charge in [0.25, 0.3) is 5.91 Å². The Morgan fingerprint density at radius 3 is 2.66 bits per heavy atom. The zero-order valence-electron chi connectivity index (χ0n) is 19.4. The van der Waals surface area contributed by atoms with Crippen molar-refractivity contribution in [2.24, 2.45) is 0 Å². The van der Waals surface area contributed by atoms with Crippen molar-refractivity contribution in [3.05, 3.63) is 89.1 Å². The number of rotatable bonds is 8. The standard InChI is InChI=1S/C27H26N4O3S/c1-2-34-23-13-12-19-10-6-7-11-20(19)25(23)27(33)29-26-21-16-35-17-22(21)30-31(26)15-24(32)28-14-18-8-4-3-5-9-18/h3-13H,2,14-17H2,1H3,(H,28,32)(H,29,33). The van der Waals surface area contributed by atoms with E-state index in [1.807, 2.05) is 73.7 Å². The number of thioether (sulfide) groups is 1. The lowest BCUT2D eigenvalue weighted by molar-refractivity contribution is -0.122. The van der Waals surface area contributed by atoms with Crippen LogP contribution in [-0.4, -0.2) is 28.2 Å². The minimum Gasteiger partial charge on any atom is -0.493 e. The first-order chi connectivity index (χ1) is 17.1. The van der Waals surface area contributed by atoms with E-state index in [4.69, 9.17) is 4.74 Å². The second kappa shape index (κ2) is 10.2. The Labute approximate surface area is 207 Å². The zero-order chi connectivity index (χ0) is 24.2. The maximum Gasteiger partial charge on any atom is 0.261 e. The largest absolute Gasteiger partial charge is 0.493 e. The van der Waals surface area contributed by atoms with Crippen LogP contribution >= 0.6 is 11.8 Å².